The minimum Gasteiger partial charge on any atom is -0.319 e. The van der Waals surface area contributed by atoms with E-state index in [-0.39, 0.29) is 18.1 Å². The van der Waals surface area contributed by atoms with E-state index in [9.17, 15) is 4.79 Å². The maximum absolute atomic E-state index is 12.6. The van der Waals surface area contributed by atoms with Gasteiger partial charge in [-0.25, -0.2) is 0 Å². The molecule has 2 rings (SSSR count). The molecule has 1 fully saturated rings. The van der Waals surface area contributed by atoms with Crippen LogP contribution in [0.3, 0.4) is 0 Å². The third-order valence-electron chi connectivity index (χ3n) is 3.56. The lowest BCUT2D eigenvalue weighted by Crippen LogP contribution is -2.36. The Hall–Kier alpha value is -0.910. The standard InChI is InChI=1S/C15H25N3OS/c1-11(2)10-12-15(19)18(8-7-17(3)4)14(16-12)13-6-5-9-20-13/h5-6,9,11-12,14,16H,7-8,10H2,1-4H3. The van der Waals surface area contributed by atoms with Gasteiger partial charge in [-0.2, -0.15) is 0 Å². The molecule has 1 aromatic heterocycles. The average Bonchev–Trinajstić information content (AvgIpc) is 2.96. The summed E-state index contributed by atoms with van der Waals surface area (Å²) in [5, 5.41) is 5.59. The van der Waals surface area contributed by atoms with Crippen LogP contribution in [-0.4, -0.2) is 48.9 Å². The Balaban J connectivity index is 2.12. The van der Waals surface area contributed by atoms with Gasteiger partial charge in [-0.3, -0.25) is 10.1 Å². The monoisotopic (exact) mass is 295 g/mol. The van der Waals surface area contributed by atoms with Crippen molar-refractivity contribution in [2.45, 2.75) is 32.5 Å². The molecule has 1 aliphatic rings. The van der Waals surface area contributed by atoms with Gasteiger partial charge >= 0.3 is 0 Å². The largest absolute Gasteiger partial charge is 0.319 e. The van der Waals surface area contributed by atoms with E-state index in [2.05, 4.69) is 35.5 Å². The summed E-state index contributed by atoms with van der Waals surface area (Å²) < 4.78 is 0. The zero-order valence-electron chi connectivity index (χ0n) is 12.8. The third-order valence-corrected chi connectivity index (χ3v) is 4.48. The topological polar surface area (TPSA) is 35.6 Å². The molecule has 2 atom stereocenters. The molecule has 1 aliphatic heterocycles. The first-order valence-corrected chi connectivity index (χ1v) is 8.11. The predicted octanol–water partition coefficient (Wildman–Crippen LogP) is 2.15. The lowest BCUT2D eigenvalue weighted by atomic mass is 10.0. The fourth-order valence-electron chi connectivity index (χ4n) is 2.55. The summed E-state index contributed by atoms with van der Waals surface area (Å²) in [6.45, 7) is 5.99. The van der Waals surface area contributed by atoms with Crippen molar-refractivity contribution >= 4 is 17.2 Å². The number of hydrogen-bond acceptors (Lipinski definition) is 4. The summed E-state index contributed by atoms with van der Waals surface area (Å²) in [7, 11) is 4.08. The number of rotatable bonds is 6. The molecule has 0 saturated carbocycles. The van der Waals surface area contributed by atoms with Crippen LogP contribution in [0.15, 0.2) is 17.5 Å². The Labute approximate surface area is 125 Å². The predicted molar refractivity (Wildman–Crippen MR) is 83.7 cm³/mol. The molecule has 2 unspecified atom stereocenters. The molecule has 1 amide bonds. The van der Waals surface area contributed by atoms with Crippen molar-refractivity contribution < 1.29 is 4.79 Å². The lowest BCUT2D eigenvalue weighted by molar-refractivity contribution is -0.130. The van der Waals surface area contributed by atoms with Crippen LogP contribution in [0.4, 0.5) is 0 Å². The van der Waals surface area contributed by atoms with E-state index in [1.807, 2.05) is 25.1 Å². The van der Waals surface area contributed by atoms with E-state index in [1.165, 1.54) is 4.88 Å². The van der Waals surface area contributed by atoms with Crippen LogP contribution in [0.25, 0.3) is 0 Å². The molecule has 1 saturated heterocycles. The quantitative estimate of drug-likeness (QED) is 0.873. The van der Waals surface area contributed by atoms with Crippen LogP contribution in [0.5, 0.6) is 0 Å². The fourth-order valence-corrected chi connectivity index (χ4v) is 3.34. The van der Waals surface area contributed by atoms with E-state index in [0.29, 0.717) is 5.92 Å². The fraction of sp³-hybridized carbons (Fsp3) is 0.667. The number of carbonyl (C=O) groups excluding carboxylic acids is 1. The van der Waals surface area contributed by atoms with Gasteiger partial charge in [0, 0.05) is 18.0 Å². The Kier molecular flexibility index (Phi) is 5.18. The van der Waals surface area contributed by atoms with Gasteiger partial charge in [0.15, 0.2) is 0 Å². The van der Waals surface area contributed by atoms with E-state index in [4.69, 9.17) is 0 Å². The minimum atomic E-state index is -0.0377. The van der Waals surface area contributed by atoms with Crippen LogP contribution < -0.4 is 5.32 Å². The minimum absolute atomic E-state index is 0.0377. The van der Waals surface area contributed by atoms with Crippen LogP contribution in [0.2, 0.25) is 0 Å². The zero-order chi connectivity index (χ0) is 14.7. The number of amides is 1. The van der Waals surface area contributed by atoms with Crippen molar-refractivity contribution in [2.75, 3.05) is 27.2 Å². The molecule has 112 valence electrons. The summed E-state index contributed by atoms with van der Waals surface area (Å²) in [5.74, 6) is 0.771. The van der Waals surface area contributed by atoms with Crippen molar-refractivity contribution in [3.63, 3.8) is 0 Å². The summed E-state index contributed by atoms with van der Waals surface area (Å²) >= 11 is 1.71. The van der Waals surface area contributed by atoms with Crippen molar-refractivity contribution in [1.29, 1.82) is 0 Å². The average molecular weight is 295 g/mol. The molecule has 0 bridgehead atoms. The zero-order valence-corrected chi connectivity index (χ0v) is 13.6. The van der Waals surface area contributed by atoms with Gasteiger partial charge in [-0.1, -0.05) is 19.9 Å². The normalized spacial score (nSPS) is 23.3. The van der Waals surface area contributed by atoms with Crippen LogP contribution in [-0.2, 0) is 4.79 Å². The van der Waals surface area contributed by atoms with Gasteiger partial charge in [0.2, 0.25) is 5.91 Å². The Morgan fingerprint density at radius 2 is 2.20 bits per heavy atom. The molecule has 0 spiro atoms. The first-order chi connectivity index (χ1) is 9.49. The SMILES string of the molecule is CC(C)CC1NC(c2cccs2)N(CCN(C)C)C1=O. The van der Waals surface area contributed by atoms with Gasteiger partial charge < -0.3 is 9.80 Å². The highest BCUT2D eigenvalue weighted by molar-refractivity contribution is 7.10. The summed E-state index contributed by atoms with van der Waals surface area (Å²) in [4.78, 5) is 18.0. The first-order valence-electron chi connectivity index (χ1n) is 7.23. The molecule has 0 aromatic carbocycles. The maximum Gasteiger partial charge on any atom is 0.241 e. The number of hydrogen-bond donors (Lipinski definition) is 1. The van der Waals surface area contributed by atoms with Crippen molar-refractivity contribution in [3.05, 3.63) is 22.4 Å². The number of likely N-dealkylation sites (N-methyl/N-ethyl adjacent to an activating group) is 1. The molecule has 4 nitrogen and oxygen atoms in total. The molecule has 1 N–H and O–H groups in total. The molecular formula is C15H25N3OS. The molecule has 0 aliphatic carbocycles. The Morgan fingerprint density at radius 3 is 2.75 bits per heavy atom. The van der Waals surface area contributed by atoms with Gasteiger partial charge in [0.25, 0.3) is 0 Å². The van der Waals surface area contributed by atoms with E-state index in [1.54, 1.807) is 11.3 Å². The maximum atomic E-state index is 12.6. The van der Waals surface area contributed by atoms with Gasteiger partial charge in [0.1, 0.15) is 6.17 Å². The van der Waals surface area contributed by atoms with Crippen molar-refractivity contribution in [2.24, 2.45) is 5.92 Å². The number of carbonyl (C=O) groups is 1. The number of thiophene rings is 1. The smallest absolute Gasteiger partial charge is 0.241 e. The van der Waals surface area contributed by atoms with Gasteiger partial charge in [-0.15, -0.1) is 11.3 Å². The van der Waals surface area contributed by atoms with E-state index >= 15 is 0 Å². The second-order valence-electron chi connectivity index (χ2n) is 6.10. The highest BCUT2D eigenvalue weighted by Gasteiger charge is 2.39. The number of nitrogens with one attached hydrogen (secondary N) is 1. The highest BCUT2D eigenvalue weighted by atomic mass is 32.1. The molecule has 5 heteroatoms. The van der Waals surface area contributed by atoms with E-state index in [0.717, 1.165) is 19.5 Å². The Bertz CT molecular complexity index is 430. The van der Waals surface area contributed by atoms with Crippen LogP contribution in [0, 0.1) is 5.92 Å². The van der Waals surface area contributed by atoms with Gasteiger partial charge in [0.05, 0.1) is 6.04 Å². The van der Waals surface area contributed by atoms with Crippen molar-refractivity contribution in [3.8, 4) is 0 Å². The molecule has 1 aromatic rings. The summed E-state index contributed by atoms with van der Waals surface area (Å²) in [5.41, 5.74) is 0. The second-order valence-corrected chi connectivity index (χ2v) is 7.08. The van der Waals surface area contributed by atoms with E-state index < -0.39 is 0 Å². The molecule has 2 heterocycles. The van der Waals surface area contributed by atoms with Gasteiger partial charge in [-0.05, 0) is 37.9 Å². The third kappa shape index (κ3) is 3.59. The Morgan fingerprint density at radius 1 is 1.45 bits per heavy atom. The van der Waals surface area contributed by atoms with Crippen LogP contribution in [0.1, 0.15) is 31.3 Å². The van der Waals surface area contributed by atoms with Crippen molar-refractivity contribution in [1.82, 2.24) is 15.1 Å². The first kappa shape index (κ1) is 15.5. The number of nitrogens with zero attached hydrogens (tertiary/aromatic N) is 2. The van der Waals surface area contributed by atoms with Crippen LogP contribution >= 0.6 is 11.3 Å². The highest BCUT2D eigenvalue weighted by Crippen LogP contribution is 2.30. The molecule has 0 radical (unpaired) electrons. The second kappa shape index (κ2) is 6.70. The molecule has 20 heavy (non-hydrogen) atoms. The molecular weight excluding hydrogens is 270 g/mol. The summed E-state index contributed by atoms with van der Waals surface area (Å²) in [6, 6.07) is 4.12. The summed E-state index contributed by atoms with van der Waals surface area (Å²) in [6.07, 6.45) is 0.949. The lowest BCUT2D eigenvalue weighted by Gasteiger charge is -2.24.